The van der Waals surface area contributed by atoms with Crippen molar-refractivity contribution >= 4 is 17.5 Å². The summed E-state index contributed by atoms with van der Waals surface area (Å²) in [4.78, 5) is 11.1. The molecule has 0 aromatic carbocycles. The second kappa shape index (κ2) is 4.95. The van der Waals surface area contributed by atoms with Crippen LogP contribution in [0.2, 0.25) is 0 Å². The van der Waals surface area contributed by atoms with Gasteiger partial charge in [0.05, 0.1) is 5.69 Å². The maximum absolute atomic E-state index is 11.1. The molecule has 78 valence electrons. The summed E-state index contributed by atoms with van der Waals surface area (Å²) in [6.45, 7) is 2.17. The van der Waals surface area contributed by atoms with Gasteiger partial charge >= 0.3 is 0 Å². The van der Waals surface area contributed by atoms with Crippen LogP contribution in [-0.2, 0) is 18.3 Å². The van der Waals surface area contributed by atoms with Gasteiger partial charge in [-0.3, -0.25) is 9.48 Å². The Balaban J connectivity index is 2.25. The van der Waals surface area contributed by atoms with Gasteiger partial charge in [0.25, 0.3) is 0 Å². The zero-order valence-corrected chi connectivity index (χ0v) is 8.95. The predicted octanol–water partition coefficient (Wildman–Crippen LogP) is 0.101. The third-order valence-electron chi connectivity index (χ3n) is 1.69. The van der Waals surface area contributed by atoms with Gasteiger partial charge in [-0.2, -0.15) is 0 Å². The number of alkyl halides is 1. The van der Waals surface area contributed by atoms with Crippen LogP contribution >= 0.6 is 11.6 Å². The lowest BCUT2D eigenvalue weighted by molar-refractivity contribution is -0.120. The number of aromatic nitrogens is 3. The monoisotopic (exact) mass is 216 g/mol. The first-order valence-electron chi connectivity index (χ1n) is 4.36. The number of amides is 1. The largest absolute Gasteiger partial charge is 0.354 e. The van der Waals surface area contributed by atoms with E-state index in [0.717, 1.165) is 5.69 Å². The van der Waals surface area contributed by atoms with Gasteiger partial charge in [-0.1, -0.05) is 5.21 Å². The average molecular weight is 217 g/mol. The third kappa shape index (κ3) is 3.33. The van der Waals surface area contributed by atoms with E-state index in [1.54, 1.807) is 18.7 Å². The first-order valence-corrected chi connectivity index (χ1v) is 4.80. The summed E-state index contributed by atoms with van der Waals surface area (Å²) >= 11 is 5.57. The normalized spacial score (nSPS) is 12.5. The maximum atomic E-state index is 11.1. The van der Waals surface area contributed by atoms with Gasteiger partial charge in [0.2, 0.25) is 5.91 Å². The van der Waals surface area contributed by atoms with Gasteiger partial charge in [0, 0.05) is 26.2 Å². The van der Waals surface area contributed by atoms with E-state index < -0.39 is 5.38 Å². The molecule has 1 N–H and O–H groups in total. The Labute approximate surface area is 87.4 Å². The van der Waals surface area contributed by atoms with Crippen LogP contribution in [-0.4, -0.2) is 32.8 Å². The van der Waals surface area contributed by atoms with Crippen LogP contribution in [0.3, 0.4) is 0 Å². The number of halogens is 1. The van der Waals surface area contributed by atoms with Crippen molar-refractivity contribution in [1.82, 2.24) is 20.3 Å². The van der Waals surface area contributed by atoms with E-state index in [9.17, 15) is 4.79 Å². The molecule has 0 bridgehead atoms. The van der Waals surface area contributed by atoms with E-state index in [0.29, 0.717) is 13.0 Å². The highest BCUT2D eigenvalue weighted by Crippen LogP contribution is 1.94. The molecular formula is C8H13ClN4O. The Bertz CT molecular complexity index is 310. The minimum Gasteiger partial charge on any atom is -0.354 e. The van der Waals surface area contributed by atoms with Crippen molar-refractivity contribution < 1.29 is 4.79 Å². The minimum atomic E-state index is -0.489. The number of aryl methyl sites for hydroxylation is 1. The zero-order valence-electron chi connectivity index (χ0n) is 8.20. The van der Waals surface area contributed by atoms with Gasteiger partial charge < -0.3 is 5.32 Å². The second-order valence-electron chi connectivity index (χ2n) is 3.04. The molecule has 0 saturated carbocycles. The fraction of sp³-hybridized carbons (Fsp3) is 0.625. The number of hydrogen-bond acceptors (Lipinski definition) is 3. The Morgan fingerprint density at radius 1 is 1.79 bits per heavy atom. The highest BCUT2D eigenvalue weighted by atomic mass is 35.5. The lowest BCUT2D eigenvalue weighted by Crippen LogP contribution is -2.31. The summed E-state index contributed by atoms with van der Waals surface area (Å²) in [5.41, 5.74) is 0.857. The summed E-state index contributed by atoms with van der Waals surface area (Å²) in [6.07, 6.45) is 2.49. The van der Waals surface area contributed by atoms with E-state index in [4.69, 9.17) is 11.6 Å². The molecule has 0 aliphatic heterocycles. The molecule has 1 unspecified atom stereocenters. The molecule has 1 heterocycles. The van der Waals surface area contributed by atoms with Crippen LogP contribution in [0.4, 0.5) is 0 Å². The average Bonchev–Trinajstić information content (AvgIpc) is 2.51. The van der Waals surface area contributed by atoms with E-state index >= 15 is 0 Å². The van der Waals surface area contributed by atoms with Crippen LogP contribution in [0.5, 0.6) is 0 Å². The molecule has 1 rings (SSSR count). The molecule has 0 aliphatic rings. The molecule has 1 atom stereocenters. The SMILES string of the molecule is CC(Cl)C(=O)NCCc1cn(C)nn1. The maximum Gasteiger partial charge on any atom is 0.237 e. The highest BCUT2D eigenvalue weighted by Gasteiger charge is 2.07. The van der Waals surface area contributed by atoms with E-state index in [2.05, 4.69) is 15.6 Å². The Morgan fingerprint density at radius 2 is 2.50 bits per heavy atom. The van der Waals surface area contributed by atoms with Gasteiger partial charge in [-0.05, 0) is 6.92 Å². The Morgan fingerprint density at radius 3 is 3.00 bits per heavy atom. The number of rotatable bonds is 4. The van der Waals surface area contributed by atoms with Gasteiger partial charge in [0.15, 0.2) is 0 Å². The van der Waals surface area contributed by atoms with Crippen LogP contribution in [0, 0.1) is 0 Å². The lowest BCUT2D eigenvalue weighted by atomic mass is 10.3. The lowest BCUT2D eigenvalue weighted by Gasteiger charge is -2.04. The summed E-state index contributed by atoms with van der Waals surface area (Å²) in [5, 5.41) is 9.87. The number of hydrogen-bond donors (Lipinski definition) is 1. The Kier molecular flexibility index (Phi) is 3.88. The molecule has 6 heteroatoms. The first-order chi connectivity index (χ1) is 6.59. The molecular weight excluding hydrogens is 204 g/mol. The molecule has 0 fully saturated rings. The van der Waals surface area contributed by atoms with Gasteiger partial charge in [0.1, 0.15) is 5.38 Å². The standard InChI is InChI=1S/C8H13ClN4O/c1-6(9)8(14)10-4-3-7-5-13(2)12-11-7/h5-6H,3-4H2,1-2H3,(H,10,14). The van der Waals surface area contributed by atoms with Crippen molar-refractivity contribution in [2.24, 2.45) is 7.05 Å². The molecule has 1 aromatic rings. The fourth-order valence-electron chi connectivity index (χ4n) is 0.964. The van der Waals surface area contributed by atoms with Crippen molar-refractivity contribution in [2.75, 3.05) is 6.54 Å². The minimum absolute atomic E-state index is 0.157. The molecule has 0 radical (unpaired) electrons. The number of carbonyl (C=O) groups excluding carboxylic acids is 1. The second-order valence-corrected chi connectivity index (χ2v) is 3.70. The smallest absolute Gasteiger partial charge is 0.237 e. The molecule has 0 spiro atoms. The van der Waals surface area contributed by atoms with Crippen LogP contribution in [0.25, 0.3) is 0 Å². The molecule has 1 aromatic heterocycles. The van der Waals surface area contributed by atoms with Crippen LogP contribution in [0.1, 0.15) is 12.6 Å². The number of nitrogens with one attached hydrogen (secondary N) is 1. The molecule has 5 nitrogen and oxygen atoms in total. The summed E-state index contributed by atoms with van der Waals surface area (Å²) in [7, 11) is 1.80. The van der Waals surface area contributed by atoms with Crippen molar-refractivity contribution in [2.45, 2.75) is 18.7 Å². The van der Waals surface area contributed by atoms with Crippen molar-refractivity contribution in [1.29, 1.82) is 0 Å². The van der Waals surface area contributed by atoms with E-state index in [-0.39, 0.29) is 5.91 Å². The zero-order chi connectivity index (χ0) is 10.6. The van der Waals surface area contributed by atoms with Crippen molar-refractivity contribution in [3.8, 4) is 0 Å². The Hall–Kier alpha value is -1.10. The number of carbonyl (C=O) groups is 1. The van der Waals surface area contributed by atoms with E-state index in [1.165, 1.54) is 0 Å². The highest BCUT2D eigenvalue weighted by molar-refractivity contribution is 6.30. The van der Waals surface area contributed by atoms with Crippen LogP contribution in [0.15, 0.2) is 6.20 Å². The topological polar surface area (TPSA) is 59.8 Å². The summed E-state index contributed by atoms with van der Waals surface area (Å²) in [6, 6.07) is 0. The molecule has 14 heavy (non-hydrogen) atoms. The summed E-state index contributed by atoms with van der Waals surface area (Å²) in [5.74, 6) is -0.157. The first kappa shape index (κ1) is 11.0. The van der Waals surface area contributed by atoms with Gasteiger partial charge in [-0.25, -0.2) is 0 Å². The van der Waals surface area contributed by atoms with E-state index in [1.807, 2.05) is 6.20 Å². The quantitative estimate of drug-likeness (QED) is 0.727. The third-order valence-corrected chi connectivity index (χ3v) is 1.89. The van der Waals surface area contributed by atoms with Gasteiger partial charge in [-0.15, -0.1) is 16.7 Å². The van der Waals surface area contributed by atoms with Crippen molar-refractivity contribution in [3.05, 3.63) is 11.9 Å². The molecule has 0 aliphatic carbocycles. The van der Waals surface area contributed by atoms with Crippen molar-refractivity contribution in [3.63, 3.8) is 0 Å². The molecule has 1 amide bonds. The van der Waals surface area contributed by atoms with Crippen LogP contribution < -0.4 is 5.32 Å². The summed E-state index contributed by atoms with van der Waals surface area (Å²) < 4.78 is 1.63. The fourth-order valence-corrected chi connectivity index (χ4v) is 1.04. The predicted molar refractivity (Wildman–Crippen MR) is 53.0 cm³/mol. The molecule has 0 saturated heterocycles. The number of nitrogens with zero attached hydrogens (tertiary/aromatic N) is 3.